The molecular formula is C16H20N4O3S. The number of rotatable bonds is 8. The molecule has 24 heavy (non-hydrogen) atoms. The first-order valence-electron chi connectivity index (χ1n) is 7.57. The monoisotopic (exact) mass is 348 g/mol. The van der Waals surface area contributed by atoms with Gasteiger partial charge in [0.1, 0.15) is 11.4 Å². The average molecular weight is 348 g/mol. The predicted molar refractivity (Wildman–Crippen MR) is 93.4 cm³/mol. The molecule has 2 rings (SSSR count). The van der Waals surface area contributed by atoms with Crippen molar-refractivity contribution in [3.63, 3.8) is 0 Å². The fourth-order valence-corrected chi connectivity index (χ4v) is 2.71. The molecule has 2 aromatic rings. The Morgan fingerprint density at radius 1 is 1.29 bits per heavy atom. The average Bonchev–Trinajstić information content (AvgIpc) is 3.04. The van der Waals surface area contributed by atoms with Crippen LogP contribution >= 0.6 is 11.3 Å². The van der Waals surface area contributed by atoms with Crippen molar-refractivity contribution >= 4 is 28.8 Å². The fraction of sp³-hybridized carbons (Fsp3) is 0.312. The van der Waals surface area contributed by atoms with Gasteiger partial charge in [-0.2, -0.15) is 0 Å². The first-order valence-corrected chi connectivity index (χ1v) is 8.45. The second kappa shape index (κ2) is 8.99. The van der Waals surface area contributed by atoms with E-state index < -0.39 is 0 Å². The normalized spacial score (nSPS) is 10.2. The molecule has 2 amide bonds. The van der Waals surface area contributed by atoms with E-state index in [-0.39, 0.29) is 18.4 Å². The predicted octanol–water partition coefficient (Wildman–Crippen LogP) is 1.41. The number of hydrogen-bond acceptors (Lipinski definition) is 6. The van der Waals surface area contributed by atoms with Crippen LogP contribution in [0, 0.1) is 0 Å². The highest BCUT2D eigenvalue weighted by atomic mass is 32.1. The summed E-state index contributed by atoms with van der Waals surface area (Å²) in [5, 5.41) is 7.71. The maximum Gasteiger partial charge on any atom is 0.271 e. The van der Waals surface area contributed by atoms with Crippen molar-refractivity contribution in [1.82, 2.24) is 10.3 Å². The van der Waals surface area contributed by atoms with Gasteiger partial charge in [-0.05, 0) is 37.7 Å². The van der Waals surface area contributed by atoms with Gasteiger partial charge in [-0.3, -0.25) is 9.59 Å². The molecule has 7 nitrogen and oxygen atoms in total. The van der Waals surface area contributed by atoms with Gasteiger partial charge in [-0.15, -0.1) is 11.3 Å². The van der Waals surface area contributed by atoms with Crippen LogP contribution in [0.1, 0.15) is 22.4 Å². The van der Waals surface area contributed by atoms with Gasteiger partial charge in [0.05, 0.1) is 18.2 Å². The Labute approximate surface area is 144 Å². The minimum atomic E-state index is -0.378. The van der Waals surface area contributed by atoms with Crippen molar-refractivity contribution in [2.75, 3.05) is 25.0 Å². The van der Waals surface area contributed by atoms with Gasteiger partial charge < -0.3 is 21.1 Å². The summed E-state index contributed by atoms with van der Waals surface area (Å²) in [4.78, 5) is 28.0. The maximum atomic E-state index is 11.9. The zero-order chi connectivity index (χ0) is 17.4. The summed E-state index contributed by atoms with van der Waals surface area (Å²) < 4.78 is 5.33. The van der Waals surface area contributed by atoms with E-state index in [1.165, 1.54) is 11.3 Å². The van der Waals surface area contributed by atoms with E-state index in [1.807, 2.05) is 6.92 Å². The van der Waals surface area contributed by atoms with Crippen LogP contribution < -0.4 is 21.1 Å². The summed E-state index contributed by atoms with van der Waals surface area (Å²) in [7, 11) is 0. The highest BCUT2D eigenvalue weighted by molar-refractivity contribution is 7.09. The first kappa shape index (κ1) is 17.9. The van der Waals surface area contributed by atoms with Gasteiger partial charge in [-0.1, -0.05) is 0 Å². The van der Waals surface area contributed by atoms with Crippen LogP contribution in [0.15, 0.2) is 29.6 Å². The zero-order valence-electron chi connectivity index (χ0n) is 13.4. The van der Waals surface area contributed by atoms with Crippen molar-refractivity contribution in [3.8, 4) is 5.75 Å². The molecule has 0 bridgehead atoms. The van der Waals surface area contributed by atoms with Gasteiger partial charge in [0.15, 0.2) is 0 Å². The number of nitrogens with one attached hydrogen (secondary N) is 2. The Bertz CT molecular complexity index is 685. The summed E-state index contributed by atoms with van der Waals surface area (Å²) in [6.45, 7) is 2.84. The van der Waals surface area contributed by atoms with E-state index in [1.54, 1.807) is 29.6 Å². The van der Waals surface area contributed by atoms with Crippen molar-refractivity contribution < 1.29 is 14.3 Å². The standard InChI is InChI=1S/C16H20N4O3S/c1-2-23-12-5-3-11(4-6-12)19-14(21)9-18-16(22)13-10-24-15(20-13)7-8-17/h3-6,10H,2,7-9,17H2,1H3,(H,18,22)(H,19,21). The molecule has 0 aliphatic carbocycles. The molecule has 1 aromatic carbocycles. The first-order chi connectivity index (χ1) is 11.6. The minimum absolute atomic E-state index is 0.129. The topological polar surface area (TPSA) is 106 Å². The number of anilines is 1. The van der Waals surface area contributed by atoms with Crippen molar-refractivity contribution in [1.29, 1.82) is 0 Å². The fourth-order valence-electron chi connectivity index (χ4n) is 1.91. The molecule has 0 radical (unpaired) electrons. The van der Waals surface area contributed by atoms with Crippen LogP contribution in [-0.2, 0) is 11.2 Å². The molecule has 8 heteroatoms. The quantitative estimate of drug-likeness (QED) is 0.669. The highest BCUT2D eigenvalue weighted by Crippen LogP contribution is 2.15. The second-order valence-electron chi connectivity index (χ2n) is 4.85. The van der Waals surface area contributed by atoms with Crippen LogP contribution in [0.4, 0.5) is 5.69 Å². The van der Waals surface area contributed by atoms with Gasteiger partial charge in [0, 0.05) is 17.5 Å². The molecule has 4 N–H and O–H groups in total. The lowest BCUT2D eigenvalue weighted by atomic mass is 10.3. The molecule has 0 atom stereocenters. The Kier molecular flexibility index (Phi) is 6.71. The second-order valence-corrected chi connectivity index (χ2v) is 5.80. The van der Waals surface area contributed by atoms with E-state index >= 15 is 0 Å². The molecule has 0 fully saturated rings. The Hall–Kier alpha value is -2.45. The molecule has 1 aromatic heterocycles. The lowest BCUT2D eigenvalue weighted by molar-refractivity contribution is -0.115. The SMILES string of the molecule is CCOc1ccc(NC(=O)CNC(=O)c2csc(CCN)n2)cc1. The Morgan fingerprint density at radius 3 is 2.71 bits per heavy atom. The van der Waals surface area contributed by atoms with E-state index in [0.29, 0.717) is 31.0 Å². The molecule has 128 valence electrons. The Balaban J connectivity index is 1.80. The number of carbonyl (C=O) groups is 2. The molecule has 0 spiro atoms. The third kappa shape index (κ3) is 5.32. The van der Waals surface area contributed by atoms with E-state index in [2.05, 4.69) is 15.6 Å². The third-order valence-corrected chi connectivity index (χ3v) is 3.91. The molecular weight excluding hydrogens is 328 g/mol. The minimum Gasteiger partial charge on any atom is -0.494 e. The van der Waals surface area contributed by atoms with Crippen molar-refractivity contribution in [2.45, 2.75) is 13.3 Å². The van der Waals surface area contributed by atoms with Crippen LogP contribution in [0.5, 0.6) is 5.75 Å². The number of benzene rings is 1. The molecule has 1 heterocycles. The van der Waals surface area contributed by atoms with Gasteiger partial charge in [-0.25, -0.2) is 4.98 Å². The summed E-state index contributed by atoms with van der Waals surface area (Å²) >= 11 is 1.38. The number of hydrogen-bond donors (Lipinski definition) is 3. The number of nitrogens with zero attached hydrogens (tertiary/aromatic N) is 1. The van der Waals surface area contributed by atoms with Crippen LogP contribution in [-0.4, -0.2) is 36.5 Å². The third-order valence-electron chi connectivity index (χ3n) is 3.00. The van der Waals surface area contributed by atoms with Gasteiger partial charge >= 0.3 is 0 Å². The highest BCUT2D eigenvalue weighted by Gasteiger charge is 2.12. The number of carbonyl (C=O) groups excluding carboxylic acids is 2. The van der Waals surface area contributed by atoms with E-state index in [4.69, 9.17) is 10.5 Å². The summed E-state index contributed by atoms with van der Waals surface area (Å²) in [5.74, 6) is 0.0434. The zero-order valence-corrected chi connectivity index (χ0v) is 14.2. The molecule has 0 saturated heterocycles. The molecule has 0 saturated carbocycles. The number of amides is 2. The summed E-state index contributed by atoms with van der Waals surface area (Å²) in [6.07, 6.45) is 0.635. The number of aromatic nitrogens is 1. The number of ether oxygens (including phenoxy) is 1. The lowest BCUT2D eigenvalue weighted by Crippen LogP contribution is -2.33. The molecule has 0 unspecified atom stereocenters. The van der Waals surface area contributed by atoms with Crippen LogP contribution in [0.3, 0.4) is 0 Å². The molecule has 0 aliphatic rings. The Morgan fingerprint density at radius 2 is 2.04 bits per heavy atom. The van der Waals surface area contributed by atoms with Gasteiger partial charge in [0.25, 0.3) is 5.91 Å². The summed E-state index contributed by atoms with van der Waals surface area (Å²) in [5.41, 5.74) is 6.39. The number of thiazole rings is 1. The number of nitrogens with two attached hydrogens (primary N) is 1. The van der Waals surface area contributed by atoms with Gasteiger partial charge in [0.2, 0.25) is 5.91 Å². The lowest BCUT2D eigenvalue weighted by Gasteiger charge is -2.07. The molecule has 0 aliphatic heterocycles. The largest absolute Gasteiger partial charge is 0.494 e. The maximum absolute atomic E-state index is 11.9. The summed E-state index contributed by atoms with van der Waals surface area (Å²) in [6, 6.07) is 7.02. The van der Waals surface area contributed by atoms with E-state index in [0.717, 1.165) is 10.8 Å². The van der Waals surface area contributed by atoms with Crippen LogP contribution in [0.2, 0.25) is 0 Å². The van der Waals surface area contributed by atoms with E-state index in [9.17, 15) is 9.59 Å². The van der Waals surface area contributed by atoms with Crippen molar-refractivity contribution in [2.24, 2.45) is 5.73 Å². The van der Waals surface area contributed by atoms with Crippen molar-refractivity contribution in [3.05, 3.63) is 40.3 Å². The smallest absolute Gasteiger partial charge is 0.271 e. The van der Waals surface area contributed by atoms with Crippen LogP contribution in [0.25, 0.3) is 0 Å².